The molecular weight excluding hydrogens is 526 g/mol. The number of nitrogens with zero attached hydrogens (tertiary/aromatic N) is 1. The molecule has 0 heterocycles. The summed E-state index contributed by atoms with van der Waals surface area (Å²) in [6.07, 6.45) is 34.0. The number of hydrogen-bond donors (Lipinski definition) is 1. The first kappa shape index (κ1) is 35.9. The van der Waals surface area contributed by atoms with E-state index in [9.17, 15) is 10.0 Å². The summed E-state index contributed by atoms with van der Waals surface area (Å²) in [7, 11) is 0. The third-order valence-electron chi connectivity index (χ3n) is 8.47. The molecule has 0 aliphatic heterocycles. The Morgan fingerprint density at radius 2 is 1.30 bits per heavy atom. The molecule has 43 heavy (non-hydrogen) atoms. The van der Waals surface area contributed by atoms with Gasteiger partial charge in [-0.2, -0.15) is 4.91 Å². The van der Waals surface area contributed by atoms with Gasteiger partial charge < -0.3 is 5.11 Å². The van der Waals surface area contributed by atoms with Crippen LogP contribution in [-0.2, 0) is 0 Å². The van der Waals surface area contributed by atoms with E-state index in [-0.39, 0.29) is 23.0 Å². The molecule has 0 aromatic carbocycles. The third-order valence-corrected chi connectivity index (χ3v) is 8.47. The second kappa shape index (κ2) is 16.5. The fourth-order valence-corrected chi connectivity index (χ4v) is 6.21. The van der Waals surface area contributed by atoms with E-state index in [0.717, 1.165) is 19.3 Å². The molecule has 0 aromatic rings. The standard InChI is InChI=1S/C40H55NO2/c1-29(17-13-19-31(3)21-23-37-33(5)25-35(41-43)27-39(37,7)8)15-11-12-16-30(2)18-14-20-32(4)22-24-38-34(6)26-36(42)28-40(38,9)10/h11-25,35-37,42H,26-28H2,1-10H3/b12-11+,17-13+,18-14+,23-21+,24-22+,29-15+,30-16+,31-19+,32-20+/t35-,36?,37?/m0/s1. The van der Waals surface area contributed by atoms with Crippen molar-refractivity contribution in [2.45, 2.75) is 101 Å². The van der Waals surface area contributed by atoms with Gasteiger partial charge in [0, 0.05) is 5.92 Å². The molecule has 3 atom stereocenters. The Balaban J connectivity index is 1.90. The number of aliphatic hydroxyl groups is 1. The molecule has 2 rings (SSSR count). The molecule has 0 amide bonds. The summed E-state index contributed by atoms with van der Waals surface area (Å²) < 4.78 is 0. The first-order valence-electron chi connectivity index (χ1n) is 15.6. The van der Waals surface area contributed by atoms with Crippen LogP contribution in [0.25, 0.3) is 0 Å². The first-order valence-corrected chi connectivity index (χ1v) is 15.6. The van der Waals surface area contributed by atoms with Crippen LogP contribution in [0.15, 0.2) is 135 Å². The summed E-state index contributed by atoms with van der Waals surface area (Å²) in [5.74, 6) is 0.311. The normalized spacial score (nSPS) is 26.1. The van der Waals surface area contributed by atoms with E-state index in [2.05, 4.69) is 159 Å². The van der Waals surface area contributed by atoms with Gasteiger partial charge in [-0.1, -0.05) is 157 Å². The monoisotopic (exact) mass is 581 g/mol. The van der Waals surface area contributed by atoms with Crippen LogP contribution in [0.4, 0.5) is 0 Å². The molecule has 0 saturated carbocycles. The van der Waals surface area contributed by atoms with Gasteiger partial charge in [-0.25, -0.2) is 0 Å². The van der Waals surface area contributed by atoms with Crippen molar-refractivity contribution in [2.75, 3.05) is 0 Å². The van der Waals surface area contributed by atoms with E-state index < -0.39 is 0 Å². The first-order chi connectivity index (χ1) is 20.1. The largest absolute Gasteiger partial charge is 0.393 e. The summed E-state index contributed by atoms with van der Waals surface area (Å²) >= 11 is 0. The van der Waals surface area contributed by atoms with E-state index in [0.29, 0.717) is 5.92 Å². The van der Waals surface area contributed by atoms with Crippen LogP contribution in [0.5, 0.6) is 0 Å². The molecule has 0 fully saturated rings. The highest BCUT2D eigenvalue weighted by molar-refractivity contribution is 5.38. The second-order valence-electron chi connectivity index (χ2n) is 13.8. The Bertz CT molecular complexity index is 1330. The van der Waals surface area contributed by atoms with Crippen molar-refractivity contribution in [1.82, 2.24) is 0 Å². The maximum atomic E-state index is 11.0. The molecule has 2 aliphatic carbocycles. The van der Waals surface area contributed by atoms with Crippen molar-refractivity contribution in [1.29, 1.82) is 0 Å². The van der Waals surface area contributed by atoms with E-state index in [1.165, 1.54) is 39.0 Å². The molecule has 3 nitrogen and oxygen atoms in total. The topological polar surface area (TPSA) is 49.7 Å². The summed E-state index contributed by atoms with van der Waals surface area (Å²) in [5.41, 5.74) is 8.61. The zero-order valence-electron chi connectivity index (χ0n) is 28.3. The van der Waals surface area contributed by atoms with E-state index >= 15 is 0 Å². The Morgan fingerprint density at radius 1 is 0.791 bits per heavy atom. The van der Waals surface area contributed by atoms with Gasteiger partial charge in [-0.05, 0) is 77.2 Å². The number of rotatable bonds is 11. The number of hydrogen-bond acceptors (Lipinski definition) is 3. The van der Waals surface area contributed by atoms with Crippen LogP contribution in [0, 0.1) is 21.7 Å². The molecule has 3 heteroatoms. The lowest BCUT2D eigenvalue weighted by Gasteiger charge is -2.38. The van der Waals surface area contributed by atoms with Crippen LogP contribution in [0.3, 0.4) is 0 Å². The summed E-state index contributed by atoms with van der Waals surface area (Å²) in [6, 6.07) is -0.210. The molecule has 2 aliphatic rings. The SMILES string of the molecule is CC1=C[C@H](N=O)CC(C)(C)C1/C=C/C(C)=C/C=C/C(C)=C/C=C/C=C(C)/C=C/C=C(C)/C=C/C1=C(C)CC(O)CC1(C)C. The van der Waals surface area contributed by atoms with Crippen LogP contribution >= 0.6 is 0 Å². The molecule has 0 spiro atoms. The van der Waals surface area contributed by atoms with E-state index in [4.69, 9.17) is 0 Å². The fraction of sp³-hybridized carbons (Fsp3) is 0.450. The maximum absolute atomic E-state index is 11.0. The average Bonchev–Trinajstić information content (AvgIpc) is 2.89. The number of nitroso groups, excluding NO2 is 1. The van der Waals surface area contributed by atoms with Gasteiger partial charge in [0.15, 0.2) is 0 Å². The predicted molar refractivity (Wildman–Crippen MR) is 188 cm³/mol. The zero-order valence-corrected chi connectivity index (χ0v) is 28.3. The molecule has 2 unspecified atom stereocenters. The van der Waals surface area contributed by atoms with Crippen LogP contribution < -0.4 is 0 Å². The Labute approximate surface area is 262 Å². The van der Waals surface area contributed by atoms with Gasteiger partial charge in [0.25, 0.3) is 0 Å². The minimum Gasteiger partial charge on any atom is -0.393 e. The van der Waals surface area contributed by atoms with Crippen molar-refractivity contribution >= 4 is 0 Å². The average molecular weight is 582 g/mol. The van der Waals surface area contributed by atoms with Crippen molar-refractivity contribution in [3.63, 3.8) is 0 Å². The Kier molecular flexibility index (Phi) is 13.8. The smallest absolute Gasteiger partial charge is 0.111 e. The Hall–Kier alpha value is -3.30. The minimum atomic E-state index is -0.230. The molecule has 232 valence electrons. The van der Waals surface area contributed by atoms with Crippen LogP contribution in [0.1, 0.15) is 88.5 Å². The number of allylic oxidation sites excluding steroid dienone is 20. The molecule has 0 radical (unpaired) electrons. The van der Waals surface area contributed by atoms with Crippen molar-refractivity contribution in [3.05, 3.63) is 135 Å². The lowest BCUT2D eigenvalue weighted by atomic mass is 9.67. The summed E-state index contributed by atoms with van der Waals surface area (Å²) in [4.78, 5) is 11.0. The highest BCUT2D eigenvalue weighted by atomic mass is 16.3. The highest BCUT2D eigenvalue weighted by Crippen LogP contribution is 2.43. The zero-order chi connectivity index (χ0) is 32.2. The van der Waals surface area contributed by atoms with Crippen LogP contribution in [-0.4, -0.2) is 17.3 Å². The maximum Gasteiger partial charge on any atom is 0.111 e. The van der Waals surface area contributed by atoms with E-state index in [1.54, 1.807) is 0 Å². The van der Waals surface area contributed by atoms with Crippen molar-refractivity contribution in [3.8, 4) is 0 Å². The van der Waals surface area contributed by atoms with Gasteiger partial charge in [0.1, 0.15) is 6.04 Å². The minimum absolute atomic E-state index is 0.00157. The van der Waals surface area contributed by atoms with Crippen molar-refractivity contribution in [2.24, 2.45) is 21.9 Å². The summed E-state index contributed by atoms with van der Waals surface area (Å²) in [5, 5.41) is 13.4. The van der Waals surface area contributed by atoms with Gasteiger partial charge in [-0.15, -0.1) is 0 Å². The molecular formula is C40H55NO2. The van der Waals surface area contributed by atoms with Gasteiger partial charge in [0.2, 0.25) is 0 Å². The second-order valence-corrected chi connectivity index (χ2v) is 13.8. The quantitative estimate of drug-likeness (QED) is 0.150. The van der Waals surface area contributed by atoms with Gasteiger partial charge in [-0.3, -0.25) is 0 Å². The van der Waals surface area contributed by atoms with E-state index in [1.807, 2.05) is 6.08 Å². The number of aliphatic hydroxyl groups excluding tert-OH is 1. The predicted octanol–water partition coefficient (Wildman–Crippen LogP) is 11.2. The summed E-state index contributed by atoms with van der Waals surface area (Å²) in [6.45, 7) is 21.5. The highest BCUT2D eigenvalue weighted by Gasteiger charge is 2.35. The van der Waals surface area contributed by atoms with Crippen LogP contribution in [0.2, 0.25) is 0 Å². The van der Waals surface area contributed by atoms with Gasteiger partial charge in [0.05, 0.1) is 6.10 Å². The molecule has 1 N–H and O–H groups in total. The Morgan fingerprint density at radius 3 is 1.81 bits per heavy atom. The molecule has 0 aromatic heterocycles. The lowest BCUT2D eigenvalue weighted by Crippen LogP contribution is -2.31. The van der Waals surface area contributed by atoms with Crippen molar-refractivity contribution < 1.29 is 5.11 Å². The lowest BCUT2D eigenvalue weighted by molar-refractivity contribution is 0.116. The van der Waals surface area contributed by atoms with Gasteiger partial charge >= 0.3 is 0 Å². The fourth-order valence-electron chi connectivity index (χ4n) is 6.21. The third kappa shape index (κ3) is 12.1. The molecule has 0 saturated heterocycles. The molecule has 0 bridgehead atoms.